The number of nitrogens with one attached hydrogen (secondary N) is 1. The molecule has 2 fully saturated rings. The molecule has 5 heteroatoms. The smallest absolute Gasteiger partial charge is 0.237 e. The van der Waals surface area contributed by atoms with Gasteiger partial charge in [-0.1, -0.05) is 48.5 Å². The number of rotatable bonds is 2. The van der Waals surface area contributed by atoms with E-state index in [2.05, 4.69) is 5.32 Å². The van der Waals surface area contributed by atoms with Crippen LogP contribution in [0.2, 0.25) is 0 Å². The monoisotopic (exact) mass is 362 g/mol. The zero-order chi connectivity index (χ0) is 18.6. The van der Waals surface area contributed by atoms with E-state index >= 15 is 0 Å². The molecule has 2 aromatic carbocycles. The number of carbonyl (C=O) groups is 2. The molecule has 138 valence electrons. The van der Waals surface area contributed by atoms with Crippen molar-refractivity contribution in [1.82, 2.24) is 4.90 Å². The predicted octanol–water partition coefficient (Wildman–Crippen LogP) is 2.89. The van der Waals surface area contributed by atoms with E-state index in [9.17, 15) is 9.59 Å². The topological polar surface area (TPSA) is 58.6 Å². The highest BCUT2D eigenvalue weighted by molar-refractivity contribution is 6.08. The van der Waals surface area contributed by atoms with Crippen LogP contribution < -0.4 is 5.32 Å². The lowest BCUT2D eigenvalue weighted by Gasteiger charge is -2.42. The van der Waals surface area contributed by atoms with Crippen LogP contribution in [-0.4, -0.2) is 36.5 Å². The Morgan fingerprint density at radius 2 is 1.81 bits per heavy atom. The number of hydrogen-bond acceptors (Lipinski definition) is 3. The fourth-order valence-corrected chi connectivity index (χ4v) is 4.88. The lowest BCUT2D eigenvalue weighted by molar-refractivity contribution is -0.170. The van der Waals surface area contributed by atoms with Crippen molar-refractivity contribution < 1.29 is 14.3 Å². The number of fused-ring (bicyclic) bond motifs is 2. The standard InChI is InChI=1S/C22H22N2O3/c1-21(13-27-14-21)20(26)24-12-11-22(18(24)15-7-3-2-4-8-15)16-9-5-6-10-17(16)23-19(22)25/h2-10,18H,11-14H2,1H3,(H,23,25)/t18-,22+/m0/s1. The van der Waals surface area contributed by atoms with Gasteiger partial charge in [-0.15, -0.1) is 0 Å². The van der Waals surface area contributed by atoms with Gasteiger partial charge in [0.25, 0.3) is 0 Å². The van der Waals surface area contributed by atoms with Crippen LogP contribution in [0.1, 0.15) is 30.5 Å². The highest BCUT2D eigenvalue weighted by atomic mass is 16.5. The number of carbonyl (C=O) groups excluding carboxylic acids is 2. The van der Waals surface area contributed by atoms with Gasteiger partial charge in [-0.3, -0.25) is 9.59 Å². The van der Waals surface area contributed by atoms with Gasteiger partial charge in [0.05, 0.1) is 24.7 Å². The number of likely N-dealkylation sites (tertiary alicyclic amines) is 1. The van der Waals surface area contributed by atoms with Crippen LogP contribution in [0.3, 0.4) is 0 Å². The number of anilines is 1. The Hall–Kier alpha value is -2.66. The molecule has 3 aliphatic rings. The number of benzene rings is 2. The molecular formula is C22H22N2O3. The molecule has 0 bridgehead atoms. The number of hydrogen-bond donors (Lipinski definition) is 1. The van der Waals surface area contributed by atoms with E-state index < -0.39 is 10.8 Å². The second kappa shape index (κ2) is 5.67. The van der Waals surface area contributed by atoms with E-state index in [4.69, 9.17) is 4.74 Å². The Balaban J connectivity index is 1.66. The first kappa shape index (κ1) is 16.5. The van der Waals surface area contributed by atoms with Gasteiger partial charge in [0.2, 0.25) is 11.8 Å². The van der Waals surface area contributed by atoms with Gasteiger partial charge in [0, 0.05) is 12.2 Å². The van der Waals surface area contributed by atoms with Crippen molar-refractivity contribution in [3.8, 4) is 0 Å². The molecule has 3 aliphatic heterocycles. The fraction of sp³-hybridized carbons (Fsp3) is 0.364. The minimum absolute atomic E-state index is 0.0112. The van der Waals surface area contributed by atoms with Crippen molar-refractivity contribution in [2.24, 2.45) is 5.41 Å². The zero-order valence-corrected chi connectivity index (χ0v) is 15.3. The minimum atomic E-state index is -0.741. The van der Waals surface area contributed by atoms with Crippen molar-refractivity contribution in [3.63, 3.8) is 0 Å². The normalized spacial score (nSPS) is 28.0. The van der Waals surface area contributed by atoms with E-state index in [0.29, 0.717) is 26.2 Å². The summed E-state index contributed by atoms with van der Waals surface area (Å²) in [7, 11) is 0. The van der Waals surface area contributed by atoms with Gasteiger partial charge >= 0.3 is 0 Å². The Bertz CT molecular complexity index is 922. The Morgan fingerprint density at radius 1 is 1.11 bits per heavy atom. The van der Waals surface area contributed by atoms with Gasteiger partial charge in [-0.2, -0.15) is 0 Å². The van der Waals surface area contributed by atoms with Gasteiger partial charge in [-0.05, 0) is 30.5 Å². The predicted molar refractivity (Wildman–Crippen MR) is 101 cm³/mol. The number of para-hydroxylation sites is 1. The van der Waals surface area contributed by atoms with E-state index in [1.807, 2.05) is 66.4 Å². The molecule has 1 spiro atoms. The second-order valence-electron chi connectivity index (χ2n) is 8.09. The van der Waals surface area contributed by atoms with Crippen LogP contribution in [0, 0.1) is 5.41 Å². The number of nitrogens with zero attached hydrogens (tertiary/aromatic N) is 1. The number of amides is 2. The van der Waals surface area contributed by atoms with Crippen molar-refractivity contribution in [3.05, 3.63) is 65.7 Å². The van der Waals surface area contributed by atoms with E-state index in [1.54, 1.807) is 0 Å². The first-order valence-electron chi connectivity index (χ1n) is 9.41. The molecule has 0 aliphatic carbocycles. The molecule has 2 amide bonds. The van der Waals surface area contributed by atoms with Crippen LogP contribution >= 0.6 is 0 Å². The summed E-state index contributed by atoms with van der Waals surface area (Å²) in [5.41, 5.74) is 1.62. The van der Waals surface area contributed by atoms with Crippen molar-refractivity contribution in [2.75, 3.05) is 25.1 Å². The second-order valence-corrected chi connectivity index (χ2v) is 8.09. The van der Waals surface area contributed by atoms with Crippen molar-refractivity contribution in [2.45, 2.75) is 24.8 Å². The van der Waals surface area contributed by atoms with Gasteiger partial charge < -0.3 is 15.0 Å². The molecule has 5 nitrogen and oxygen atoms in total. The summed E-state index contributed by atoms with van der Waals surface area (Å²) in [5.74, 6) is 0.0690. The molecule has 0 unspecified atom stereocenters. The minimum Gasteiger partial charge on any atom is -0.379 e. The molecule has 2 saturated heterocycles. The average Bonchev–Trinajstić information content (AvgIpc) is 3.20. The molecular weight excluding hydrogens is 340 g/mol. The third-order valence-corrected chi connectivity index (χ3v) is 6.32. The van der Waals surface area contributed by atoms with Crippen LogP contribution in [0.15, 0.2) is 54.6 Å². The average molecular weight is 362 g/mol. The molecule has 0 radical (unpaired) electrons. The summed E-state index contributed by atoms with van der Waals surface area (Å²) in [6, 6.07) is 17.5. The Labute approximate surface area is 158 Å². The highest BCUT2D eigenvalue weighted by Crippen LogP contribution is 2.55. The zero-order valence-electron chi connectivity index (χ0n) is 15.3. The molecule has 1 N–H and O–H groups in total. The molecule has 2 aromatic rings. The maximum atomic E-state index is 13.4. The first-order chi connectivity index (χ1) is 13.1. The van der Waals surface area contributed by atoms with Gasteiger partial charge in [0.15, 0.2) is 0 Å². The van der Waals surface area contributed by atoms with Crippen LogP contribution in [-0.2, 0) is 19.7 Å². The molecule has 0 aromatic heterocycles. The van der Waals surface area contributed by atoms with E-state index in [-0.39, 0.29) is 17.9 Å². The SMILES string of the molecule is CC1(C(=O)N2CC[C@]3(C(=O)Nc4ccccc43)[C@@H]2c2ccccc2)COC1. The summed E-state index contributed by atoms with van der Waals surface area (Å²) < 4.78 is 5.33. The summed E-state index contributed by atoms with van der Waals surface area (Å²) in [4.78, 5) is 28.6. The lowest BCUT2D eigenvalue weighted by atomic mass is 9.72. The number of ether oxygens (including phenoxy) is 1. The molecule has 5 rings (SSSR count). The van der Waals surface area contributed by atoms with Crippen LogP contribution in [0.5, 0.6) is 0 Å². The Morgan fingerprint density at radius 3 is 2.52 bits per heavy atom. The molecule has 2 atom stereocenters. The maximum Gasteiger partial charge on any atom is 0.237 e. The largest absolute Gasteiger partial charge is 0.379 e. The molecule has 0 saturated carbocycles. The summed E-state index contributed by atoms with van der Waals surface area (Å²) in [6.07, 6.45) is 0.623. The van der Waals surface area contributed by atoms with Crippen LogP contribution in [0.4, 0.5) is 5.69 Å². The van der Waals surface area contributed by atoms with Gasteiger partial charge in [-0.25, -0.2) is 0 Å². The quantitative estimate of drug-likeness (QED) is 0.894. The first-order valence-corrected chi connectivity index (χ1v) is 9.41. The maximum absolute atomic E-state index is 13.4. The third-order valence-electron chi connectivity index (χ3n) is 6.32. The van der Waals surface area contributed by atoms with Gasteiger partial charge in [0.1, 0.15) is 5.41 Å². The summed E-state index contributed by atoms with van der Waals surface area (Å²) in [6.45, 7) is 3.41. The van der Waals surface area contributed by atoms with E-state index in [1.165, 1.54) is 0 Å². The van der Waals surface area contributed by atoms with Crippen molar-refractivity contribution >= 4 is 17.5 Å². The molecule has 3 heterocycles. The molecule has 27 heavy (non-hydrogen) atoms. The summed E-state index contributed by atoms with van der Waals surface area (Å²) in [5, 5.41) is 3.05. The third kappa shape index (κ3) is 2.15. The lowest BCUT2D eigenvalue weighted by Crippen LogP contribution is -2.54. The van der Waals surface area contributed by atoms with Crippen molar-refractivity contribution in [1.29, 1.82) is 0 Å². The van der Waals surface area contributed by atoms with Crippen LogP contribution in [0.25, 0.3) is 0 Å². The van der Waals surface area contributed by atoms with E-state index in [0.717, 1.165) is 16.8 Å². The highest BCUT2D eigenvalue weighted by Gasteiger charge is 2.61. The fourth-order valence-electron chi connectivity index (χ4n) is 4.88. The Kier molecular flexibility index (Phi) is 3.46. The summed E-state index contributed by atoms with van der Waals surface area (Å²) >= 11 is 0.